The zero-order valence-corrected chi connectivity index (χ0v) is 12.3. The molecule has 0 spiro atoms. The second-order valence-corrected chi connectivity index (χ2v) is 6.74. The molecule has 4 nitrogen and oxygen atoms in total. The Kier molecular flexibility index (Phi) is 4.27. The summed E-state index contributed by atoms with van der Waals surface area (Å²) in [5, 5.41) is 3.16. The first-order chi connectivity index (χ1) is 9.74. The van der Waals surface area contributed by atoms with Crippen molar-refractivity contribution in [1.82, 2.24) is 10.2 Å². The molecule has 2 aliphatic carbocycles. The number of nitrogens with one attached hydrogen (secondary N) is 1. The maximum atomic E-state index is 12.3. The van der Waals surface area contributed by atoms with Crippen molar-refractivity contribution in [2.75, 3.05) is 13.1 Å². The maximum absolute atomic E-state index is 12.3. The van der Waals surface area contributed by atoms with Crippen LogP contribution in [0.1, 0.15) is 57.8 Å². The van der Waals surface area contributed by atoms with Gasteiger partial charge in [0, 0.05) is 31.0 Å². The van der Waals surface area contributed by atoms with Gasteiger partial charge in [-0.3, -0.25) is 9.59 Å². The fourth-order valence-electron chi connectivity index (χ4n) is 4.02. The second kappa shape index (κ2) is 6.15. The second-order valence-electron chi connectivity index (χ2n) is 6.74. The number of amides is 2. The minimum atomic E-state index is 0.188. The van der Waals surface area contributed by atoms with Crippen molar-refractivity contribution in [3.8, 4) is 0 Å². The summed E-state index contributed by atoms with van der Waals surface area (Å²) in [5.74, 6) is 1.05. The molecule has 0 radical (unpaired) electrons. The lowest BCUT2D eigenvalue weighted by Gasteiger charge is -2.21. The molecule has 1 unspecified atom stereocenters. The first-order valence-electron chi connectivity index (χ1n) is 8.33. The van der Waals surface area contributed by atoms with E-state index >= 15 is 0 Å². The van der Waals surface area contributed by atoms with Gasteiger partial charge in [-0.25, -0.2) is 0 Å². The smallest absolute Gasteiger partial charge is 0.225 e. The zero-order valence-electron chi connectivity index (χ0n) is 12.3. The molecule has 4 heteroatoms. The average molecular weight is 278 g/mol. The van der Waals surface area contributed by atoms with Crippen molar-refractivity contribution in [3.05, 3.63) is 0 Å². The molecule has 112 valence electrons. The number of hydrogen-bond acceptors (Lipinski definition) is 2. The molecule has 1 heterocycles. The summed E-state index contributed by atoms with van der Waals surface area (Å²) in [6, 6.07) is 0.188. The molecule has 0 aromatic rings. The predicted octanol–water partition coefficient (Wildman–Crippen LogP) is 2.08. The molecule has 1 aliphatic heterocycles. The van der Waals surface area contributed by atoms with Crippen LogP contribution in [0.15, 0.2) is 0 Å². The van der Waals surface area contributed by atoms with Gasteiger partial charge < -0.3 is 10.2 Å². The molecule has 1 N–H and O–H groups in total. The Hall–Kier alpha value is -1.06. The molecule has 0 aromatic heterocycles. The van der Waals surface area contributed by atoms with E-state index < -0.39 is 0 Å². The lowest BCUT2D eigenvalue weighted by Crippen LogP contribution is -2.41. The molecular weight excluding hydrogens is 252 g/mol. The molecule has 20 heavy (non-hydrogen) atoms. The van der Waals surface area contributed by atoms with Crippen LogP contribution in [-0.4, -0.2) is 35.8 Å². The first kappa shape index (κ1) is 13.9. The highest BCUT2D eigenvalue weighted by Gasteiger charge is 2.33. The van der Waals surface area contributed by atoms with Crippen LogP contribution in [0.25, 0.3) is 0 Å². The molecule has 2 amide bonds. The van der Waals surface area contributed by atoms with Gasteiger partial charge in [0.1, 0.15) is 0 Å². The van der Waals surface area contributed by atoms with E-state index in [1.807, 2.05) is 4.90 Å². The Balaban J connectivity index is 1.46. The van der Waals surface area contributed by atoms with Crippen LogP contribution in [0.4, 0.5) is 0 Å². The van der Waals surface area contributed by atoms with E-state index in [1.54, 1.807) is 0 Å². The van der Waals surface area contributed by atoms with E-state index in [9.17, 15) is 9.59 Å². The lowest BCUT2D eigenvalue weighted by atomic mass is 10.1. The summed E-state index contributed by atoms with van der Waals surface area (Å²) in [7, 11) is 0. The number of carbonyl (C=O) groups excluding carboxylic acids is 2. The van der Waals surface area contributed by atoms with Crippen LogP contribution in [0.2, 0.25) is 0 Å². The van der Waals surface area contributed by atoms with Crippen LogP contribution in [0.3, 0.4) is 0 Å². The lowest BCUT2D eigenvalue weighted by molar-refractivity contribution is -0.134. The number of nitrogens with zero attached hydrogens (tertiary/aromatic N) is 1. The molecule has 2 saturated carbocycles. The van der Waals surface area contributed by atoms with E-state index in [1.165, 1.54) is 25.7 Å². The number of carbonyl (C=O) groups is 2. The summed E-state index contributed by atoms with van der Waals surface area (Å²) >= 11 is 0. The minimum absolute atomic E-state index is 0.188. The summed E-state index contributed by atoms with van der Waals surface area (Å²) in [4.78, 5) is 26.4. The zero-order chi connectivity index (χ0) is 13.9. The summed E-state index contributed by atoms with van der Waals surface area (Å²) in [5.41, 5.74) is 0. The molecule has 0 bridgehead atoms. The van der Waals surface area contributed by atoms with Crippen molar-refractivity contribution in [1.29, 1.82) is 0 Å². The van der Waals surface area contributed by atoms with Crippen LogP contribution in [-0.2, 0) is 9.59 Å². The SMILES string of the molecule is O=C(NC1CCN(C(=O)C2CCCC2)C1)C1CCCC1. The average Bonchev–Trinajstić information content (AvgIpc) is 3.19. The fraction of sp³-hybridized carbons (Fsp3) is 0.875. The van der Waals surface area contributed by atoms with Crippen LogP contribution in [0, 0.1) is 11.8 Å². The fourth-order valence-corrected chi connectivity index (χ4v) is 4.02. The monoisotopic (exact) mass is 278 g/mol. The highest BCUT2D eigenvalue weighted by Crippen LogP contribution is 2.28. The first-order valence-corrected chi connectivity index (χ1v) is 8.33. The third-order valence-electron chi connectivity index (χ3n) is 5.28. The number of rotatable bonds is 3. The summed E-state index contributed by atoms with van der Waals surface area (Å²) in [6.07, 6.45) is 9.93. The van der Waals surface area contributed by atoms with E-state index in [4.69, 9.17) is 0 Å². The van der Waals surface area contributed by atoms with Crippen molar-refractivity contribution < 1.29 is 9.59 Å². The van der Waals surface area contributed by atoms with Gasteiger partial charge in [-0.05, 0) is 32.1 Å². The highest BCUT2D eigenvalue weighted by atomic mass is 16.2. The van der Waals surface area contributed by atoms with Gasteiger partial charge in [-0.1, -0.05) is 25.7 Å². The van der Waals surface area contributed by atoms with E-state index in [-0.39, 0.29) is 23.8 Å². The third kappa shape index (κ3) is 2.99. The van der Waals surface area contributed by atoms with Gasteiger partial charge in [0.2, 0.25) is 11.8 Å². The Morgan fingerprint density at radius 1 is 0.850 bits per heavy atom. The van der Waals surface area contributed by atoms with Gasteiger partial charge in [0.15, 0.2) is 0 Å². The van der Waals surface area contributed by atoms with Gasteiger partial charge in [0.25, 0.3) is 0 Å². The molecule has 3 rings (SSSR count). The minimum Gasteiger partial charge on any atom is -0.351 e. The molecule has 3 aliphatic rings. The highest BCUT2D eigenvalue weighted by molar-refractivity contribution is 5.81. The Morgan fingerprint density at radius 3 is 2.10 bits per heavy atom. The number of hydrogen-bond donors (Lipinski definition) is 1. The van der Waals surface area contributed by atoms with Crippen molar-refractivity contribution >= 4 is 11.8 Å². The summed E-state index contributed by atoms with van der Waals surface area (Å²) in [6.45, 7) is 1.55. The Morgan fingerprint density at radius 2 is 1.45 bits per heavy atom. The van der Waals surface area contributed by atoms with E-state index in [0.717, 1.165) is 45.2 Å². The molecular formula is C16H26N2O2. The molecule has 0 aromatic carbocycles. The quantitative estimate of drug-likeness (QED) is 0.859. The van der Waals surface area contributed by atoms with E-state index in [2.05, 4.69) is 5.32 Å². The Bertz CT molecular complexity index is 371. The predicted molar refractivity (Wildman–Crippen MR) is 77.0 cm³/mol. The van der Waals surface area contributed by atoms with Gasteiger partial charge >= 0.3 is 0 Å². The van der Waals surface area contributed by atoms with Crippen molar-refractivity contribution in [2.45, 2.75) is 63.8 Å². The van der Waals surface area contributed by atoms with Gasteiger partial charge in [0.05, 0.1) is 0 Å². The van der Waals surface area contributed by atoms with Gasteiger partial charge in [-0.15, -0.1) is 0 Å². The summed E-state index contributed by atoms with van der Waals surface area (Å²) < 4.78 is 0. The standard InChI is InChI=1S/C16H26N2O2/c19-15(12-5-1-2-6-12)17-14-9-10-18(11-14)16(20)13-7-3-4-8-13/h12-14H,1-11H2,(H,17,19). The topological polar surface area (TPSA) is 49.4 Å². The number of likely N-dealkylation sites (tertiary alicyclic amines) is 1. The Labute approximate surface area is 121 Å². The normalized spacial score (nSPS) is 28.2. The van der Waals surface area contributed by atoms with Crippen molar-refractivity contribution in [2.24, 2.45) is 11.8 Å². The van der Waals surface area contributed by atoms with Crippen LogP contribution in [0.5, 0.6) is 0 Å². The van der Waals surface area contributed by atoms with E-state index in [0.29, 0.717) is 5.91 Å². The van der Waals surface area contributed by atoms with Crippen molar-refractivity contribution in [3.63, 3.8) is 0 Å². The maximum Gasteiger partial charge on any atom is 0.225 e. The molecule has 3 fully saturated rings. The van der Waals surface area contributed by atoms with Gasteiger partial charge in [-0.2, -0.15) is 0 Å². The largest absolute Gasteiger partial charge is 0.351 e. The third-order valence-corrected chi connectivity index (χ3v) is 5.28. The molecule has 1 saturated heterocycles. The van der Waals surface area contributed by atoms with Crippen LogP contribution < -0.4 is 5.32 Å². The van der Waals surface area contributed by atoms with Crippen LogP contribution >= 0.6 is 0 Å². The molecule has 1 atom stereocenters.